The van der Waals surface area contributed by atoms with Crippen LogP contribution in [0, 0.1) is 11.8 Å². The summed E-state index contributed by atoms with van der Waals surface area (Å²) in [6.07, 6.45) is 4.68. The smallest absolute Gasteiger partial charge is 0.307 e. The van der Waals surface area contributed by atoms with E-state index in [1.165, 1.54) is 0 Å². The minimum Gasteiger partial charge on any atom is -0.481 e. The van der Waals surface area contributed by atoms with Crippen molar-refractivity contribution in [2.45, 2.75) is 25.8 Å². The zero-order valence-corrected chi connectivity index (χ0v) is 11.2. The number of likely N-dealkylation sites (N-methyl/N-ethyl adjacent to an activating group) is 1. The van der Waals surface area contributed by atoms with Gasteiger partial charge in [-0.15, -0.1) is 0 Å². The van der Waals surface area contributed by atoms with Gasteiger partial charge in [-0.2, -0.15) is 0 Å². The third-order valence-electron chi connectivity index (χ3n) is 3.11. The van der Waals surface area contributed by atoms with Crippen molar-refractivity contribution in [3.05, 3.63) is 12.2 Å². The Bertz CT molecular complexity index is 339. The van der Waals surface area contributed by atoms with Gasteiger partial charge in [0.2, 0.25) is 5.91 Å². The predicted octanol–water partition coefficient (Wildman–Crippen LogP) is 0.720. The van der Waals surface area contributed by atoms with Gasteiger partial charge in [-0.3, -0.25) is 9.59 Å². The van der Waals surface area contributed by atoms with Crippen LogP contribution in [0.15, 0.2) is 12.2 Å². The Labute approximate surface area is 108 Å². The van der Waals surface area contributed by atoms with Gasteiger partial charge in [0.15, 0.2) is 0 Å². The number of allylic oxidation sites excluding steroid dienone is 2. The predicted molar refractivity (Wildman–Crippen MR) is 69.1 cm³/mol. The fourth-order valence-electron chi connectivity index (χ4n) is 2.32. The molecule has 5 heteroatoms. The van der Waals surface area contributed by atoms with Crippen molar-refractivity contribution < 1.29 is 14.7 Å². The SMILES string of the molecule is CC(CN(C)C)NC(=O)C1CC=CCC1C(=O)O. The van der Waals surface area contributed by atoms with E-state index in [9.17, 15) is 9.59 Å². The van der Waals surface area contributed by atoms with E-state index >= 15 is 0 Å². The van der Waals surface area contributed by atoms with E-state index < -0.39 is 17.8 Å². The standard InChI is InChI=1S/C13H22N2O3/c1-9(8-15(2)3)14-12(16)10-6-4-5-7-11(10)13(17)18/h4-5,9-11H,6-8H2,1-3H3,(H,14,16)(H,17,18). The number of nitrogens with one attached hydrogen (secondary N) is 1. The number of carbonyl (C=O) groups is 2. The van der Waals surface area contributed by atoms with Crippen molar-refractivity contribution in [3.8, 4) is 0 Å². The number of hydrogen-bond acceptors (Lipinski definition) is 3. The topological polar surface area (TPSA) is 69.6 Å². The van der Waals surface area contributed by atoms with E-state index in [2.05, 4.69) is 5.32 Å². The van der Waals surface area contributed by atoms with E-state index in [1.807, 2.05) is 38.1 Å². The summed E-state index contributed by atoms with van der Waals surface area (Å²) in [6, 6.07) is 0.0212. The first-order chi connectivity index (χ1) is 8.41. The quantitative estimate of drug-likeness (QED) is 0.709. The van der Waals surface area contributed by atoms with Crippen molar-refractivity contribution in [1.82, 2.24) is 10.2 Å². The highest BCUT2D eigenvalue weighted by atomic mass is 16.4. The number of aliphatic carboxylic acids is 1. The lowest BCUT2D eigenvalue weighted by molar-refractivity contribution is -0.147. The molecular formula is C13H22N2O3. The molecule has 0 fully saturated rings. The van der Waals surface area contributed by atoms with Gasteiger partial charge >= 0.3 is 5.97 Å². The third kappa shape index (κ3) is 4.14. The molecule has 1 aliphatic rings. The summed E-state index contributed by atoms with van der Waals surface area (Å²) < 4.78 is 0. The Hall–Kier alpha value is -1.36. The summed E-state index contributed by atoms with van der Waals surface area (Å²) in [6.45, 7) is 2.67. The summed E-state index contributed by atoms with van der Waals surface area (Å²) in [7, 11) is 3.87. The van der Waals surface area contributed by atoms with Crippen LogP contribution in [0.1, 0.15) is 19.8 Å². The zero-order chi connectivity index (χ0) is 13.7. The molecule has 0 aliphatic heterocycles. The maximum atomic E-state index is 12.1. The molecule has 102 valence electrons. The highest BCUT2D eigenvalue weighted by molar-refractivity contribution is 5.85. The first-order valence-corrected chi connectivity index (χ1v) is 6.24. The van der Waals surface area contributed by atoms with Crippen molar-refractivity contribution in [2.24, 2.45) is 11.8 Å². The molecule has 0 spiro atoms. The van der Waals surface area contributed by atoms with Crippen LogP contribution >= 0.6 is 0 Å². The maximum Gasteiger partial charge on any atom is 0.307 e. The molecule has 3 unspecified atom stereocenters. The monoisotopic (exact) mass is 254 g/mol. The highest BCUT2D eigenvalue weighted by Gasteiger charge is 2.34. The second kappa shape index (κ2) is 6.54. The van der Waals surface area contributed by atoms with Gasteiger partial charge in [-0.25, -0.2) is 0 Å². The molecule has 0 bridgehead atoms. The molecule has 18 heavy (non-hydrogen) atoms. The van der Waals surface area contributed by atoms with Crippen LogP contribution < -0.4 is 5.32 Å². The highest BCUT2D eigenvalue weighted by Crippen LogP contribution is 2.26. The van der Waals surface area contributed by atoms with Crippen LogP contribution in [0.3, 0.4) is 0 Å². The van der Waals surface area contributed by atoms with Crippen molar-refractivity contribution >= 4 is 11.9 Å². The summed E-state index contributed by atoms with van der Waals surface area (Å²) in [5.41, 5.74) is 0. The second-order valence-corrected chi connectivity index (χ2v) is 5.17. The number of rotatable bonds is 5. The Balaban J connectivity index is 2.59. The molecule has 0 heterocycles. The van der Waals surface area contributed by atoms with E-state index in [0.29, 0.717) is 12.8 Å². The zero-order valence-electron chi connectivity index (χ0n) is 11.2. The van der Waals surface area contributed by atoms with Crippen molar-refractivity contribution in [1.29, 1.82) is 0 Å². The summed E-state index contributed by atoms with van der Waals surface area (Å²) >= 11 is 0. The molecule has 0 saturated carbocycles. The lowest BCUT2D eigenvalue weighted by atomic mass is 9.82. The first-order valence-electron chi connectivity index (χ1n) is 6.24. The van der Waals surface area contributed by atoms with E-state index in [-0.39, 0.29) is 11.9 Å². The van der Waals surface area contributed by atoms with Crippen LogP contribution in [0.2, 0.25) is 0 Å². The minimum atomic E-state index is -0.889. The van der Waals surface area contributed by atoms with Crippen LogP contribution in [0.25, 0.3) is 0 Å². The Kier molecular flexibility index (Phi) is 5.34. The lowest BCUT2D eigenvalue weighted by Crippen LogP contribution is -2.45. The van der Waals surface area contributed by atoms with Gasteiger partial charge in [-0.1, -0.05) is 12.2 Å². The number of nitrogens with zero attached hydrogens (tertiary/aromatic N) is 1. The van der Waals surface area contributed by atoms with Gasteiger partial charge in [0, 0.05) is 12.6 Å². The molecular weight excluding hydrogens is 232 g/mol. The summed E-state index contributed by atoms with van der Waals surface area (Å²) in [4.78, 5) is 25.2. The van der Waals surface area contributed by atoms with E-state index in [4.69, 9.17) is 5.11 Å². The van der Waals surface area contributed by atoms with Crippen LogP contribution in [-0.2, 0) is 9.59 Å². The number of carbonyl (C=O) groups excluding carboxylic acids is 1. The summed E-state index contributed by atoms with van der Waals surface area (Å²) in [5.74, 6) is -2.08. The molecule has 1 amide bonds. The fourth-order valence-corrected chi connectivity index (χ4v) is 2.32. The molecule has 0 aromatic heterocycles. The largest absolute Gasteiger partial charge is 0.481 e. The second-order valence-electron chi connectivity index (χ2n) is 5.17. The van der Waals surface area contributed by atoms with Crippen LogP contribution in [0.5, 0.6) is 0 Å². The fraction of sp³-hybridized carbons (Fsp3) is 0.692. The van der Waals surface area contributed by atoms with Crippen LogP contribution in [-0.4, -0.2) is 48.6 Å². The molecule has 1 aliphatic carbocycles. The molecule has 2 N–H and O–H groups in total. The van der Waals surface area contributed by atoms with Crippen LogP contribution in [0.4, 0.5) is 0 Å². The third-order valence-corrected chi connectivity index (χ3v) is 3.11. The molecule has 0 saturated heterocycles. The van der Waals surface area contributed by atoms with E-state index in [1.54, 1.807) is 0 Å². The van der Waals surface area contributed by atoms with Gasteiger partial charge in [0.25, 0.3) is 0 Å². The first kappa shape index (κ1) is 14.7. The maximum absolute atomic E-state index is 12.1. The lowest BCUT2D eigenvalue weighted by Gasteiger charge is -2.26. The number of hydrogen-bond donors (Lipinski definition) is 2. The molecule has 0 radical (unpaired) electrons. The van der Waals surface area contributed by atoms with Gasteiger partial charge in [0.05, 0.1) is 11.8 Å². The number of carboxylic acids is 1. The Morgan fingerprint density at radius 3 is 2.39 bits per heavy atom. The van der Waals surface area contributed by atoms with Gasteiger partial charge in [-0.05, 0) is 33.9 Å². The van der Waals surface area contributed by atoms with E-state index in [0.717, 1.165) is 6.54 Å². The molecule has 5 nitrogen and oxygen atoms in total. The van der Waals surface area contributed by atoms with Gasteiger partial charge in [0.1, 0.15) is 0 Å². The molecule has 0 aromatic rings. The average Bonchev–Trinajstić information content (AvgIpc) is 2.27. The molecule has 1 rings (SSSR count). The average molecular weight is 254 g/mol. The Morgan fingerprint density at radius 2 is 1.89 bits per heavy atom. The number of amides is 1. The minimum absolute atomic E-state index is 0.0212. The summed E-state index contributed by atoms with van der Waals surface area (Å²) in [5, 5.41) is 12.0. The Morgan fingerprint density at radius 1 is 1.33 bits per heavy atom. The van der Waals surface area contributed by atoms with Crippen molar-refractivity contribution in [2.75, 3.05) is 20.6 Å². The van der Waals surface area contributed by atoms with Crippen molar-refractivity contribution in [3.63, 3.8) is 0 Å². The van der Waals surface area contributed by atoms with Gasteiger partial charge < -0.3 is 15.3 Å². The molecule has 0 aromatic carbocycles. The molecule has 3 atom stereocenters. The normalized spacial score (nSPS) is 24.9. The number of carboxylic acid groups (broad SMARTS) is 1.